The van der Waals surface area contributed by atoms with Gasteiger partial charge in [-0.2, -0.15) is 4.98 Å². The van der Waals surface area contributed by atoms with Gasteiger partial charge >= 0.3 is 5.69 Å². The number of nitrogens with zero attached hydrogens (tertiary/aromatic N) is 5. The Morgan fingerprint density at radius 3 is 2.28 bits per heavy atom. The van der Waals surface area contributed by atoms with Crippen molar-refractivity contribution in [3.05, 3.63) is 56.5 Å². The summed E-state index contributed by atoms with van der Waals surface area (Å²) < 4.78 is 17.8. The molecule has 29 heavy (non-hydrogen) atoms. The number of hydrogen-bond acceptors (Lipinski definition) is 4. The second kappa shape index (κ2) is 7.17. The van der Waals surface area contributed by atoms with E-state index in [1.165, 1.54) is 23.7 Å². The highest BCUT2D eigenvalue weighted by molar-refractivity contribution is 5.74. The van der Waals surface area contributed by atoms with Crippen LogP contribution in [0.1, 0.15) is 25.8 Å². The second-order valence-corrected chi connectivity index (χ2v) is 8.35. The third kappa shape index (κ3) is 3.36. The lowest BCUT2D eigenvalue weighted by Crippen LogP contribution is -2.40. The van der Waals surface area contributed by atoms with Gasteiger partial charge in [0.05, 0.1) is 6.54 Å². The van der Waals surface area contributed by atoms with Crippen LogP contribution in [0.4, 0.5) is 10.3 Å². The standard InChI is InChI=1S/C21H26FN5O2/c1-13-9-14(2)11-26(10-13)20-23-18-17(19(28)25(4)21(29)24(18)3)27(20)12-15-5-7-16(22)8-6-15/h5-8,13-14H,9-12H2,1-4H3/t13-,14+. The van der Waals surface area contributed by atoms with E-state index >= 15 is 0 Å². The lowest BCUT2D eigenvalue weighted by molar-refractivity contribution is 0.352. The van der Waals surface area contributed by atoms with Gasteiger partial charge in [0.25, 0.3) is 5.56 Å². The number of benzene rings is 1. The molecule has 1 aliphatic heterocycles. The number of aryl methyl sites for hydroxylation is 1. The van der Waals surface area contributed by atoms with Gasteiger partial charge in [0, 0.05) is 27.2 Å². The van der Waals surface area contributed by atoms with E-state index in [0.29, 0.717) is 35.5 Å². The Labute approximate surface area is 168 Å². The SMILES string of the molecule is C[C@@H]1C[C@H](C)CN(c2nc3c(c(=O)n(C)c(=O)n3C)n2Cc2ccc(F)cc2)C1. The molecule has 0 bridgehead atoms. The van der Waals surface area contributed by atoms with Gasteiger partial charge in [0.15, 0.2) is 11.2 Å². The lowest BCUT2D eigenvalue weighted by atomic mass is 9.92. The number of anilines is 1. The molecule has 0 unspecified atom stereocenters. The van der Waals surface area contributed by atoms with Crippen LogP contribution < -0.4 is 16.1 Å². The largest absolute Gasteiger partial charge is 0.342 e. The summed E-state index contributed by atoms with van der Waals surface area (Å²) >= 11 is 0. The topological polar surface area (TPSA) is 65.1 Å². The number of fused-ring (bicyclic) bond motifs is 1. The maximum absolute atomic E-state index is 13.4. The van der Waals surface area contributed by atoms with Crippen LogP contribution in [0.3, 0.4) is 0 Å². The summed E-state index contributed by atoms with van der Waals surface area (Å²) in [6, 6.07) is 6.23. The van der Waals surface area contributed by atoms with Crippen LogP contribution in [0.25, 0.3) is 11.2 Å². The predicted molar refractivity (Wildman–Crippen MR) is 111 cm³/mol. The zero-order chi connectivity index (χ0) is 20.9. The molecule has 154 valence electrons. The van der Waals surface area contributed by atoms with Crippen molar-refractivity contribution in [1.29, 1.82) is 0 Å². The Hall–Kier alpha value is -2.90. The Kier molecular flexibility index (Phi) is 4.80. The molecule has 0 aliphatic carbocycles. The highest BCUT2D eigenvalue weighted by Gasteiger charge is 2.28. The predicted octanol–water partition coefficient (Wildman–Crippen LogP) is 2.10. The van der Waals surface area contributed by atoms with Crippen molar-refractivity contribution in [3.63, 3.8) is 0 Å². The molecule has 8 heteroatoms. The van der Waals surface area contributed by atoms with Gasteiger partial charge in [-0.3, -0.25) is 18.5 Å². The summed E-state index contributed by atoms with van der Waals surface area (Å²) in [6.07, 6.45) is 1.15. The van der Waals surface area contributed by atoms with E-state index in [-0.39, 0.29) is 11.4 Å². The minimum absolute atomic E-state index is 0.304. The fourth-order valence-corrected chi connectivity index (χ4v) is 4.42. The van der Waals surface area contributed by atoms with Crippen molar-refractivity contribution < 1.29 is 4.39 Å². The first kappa shape index (κ1) is 19.4. The first-order valence-electron chi connectivity index (χ1n) is 9.92. The van der Waals surface area contributed by atoms with E-state index < -0.39 is 5.69 Å². The monoisotopic (exact) mass is 399 g/mol. The summed E-state index contributed by atoms with van der Waals surface area (Å²) in [4.78, 5) is 32.4. The van der Waals surface area contributed by atoms with Crippen molar-refractivity contribution in [3.8, 4) is 0 Å². The van der Waals surface area contributed by atoms with Crippen LogP contribution in [0, 0.1) is 17.7 Å². The molecule has 1 fully saturated rings. The number of piperidine rings is 1. The molecule has 3 aromatic rings. The average molecular weight is 399 g/mol. The van der Waals surface area contributed by atoms with Crippen molar-refractivity contribution in [2.75, 3.05) is 18.0 Å². The molecule has 1 aromatic carbocycles. The fourth-order valence-electron chi connectivity index (χ4n) is 4.42. The van der Waals surface area contributed by atoms with Gasteiger partial charge in [0.2, 0.25) is 5.95 Å². The molecule has 2 aromatic heterocycles. The van der Waals surface area contributed by atoms with Gasteiger partial charge in [-0.1, -0.05) is 26.0 Å². The van der Waals surface area contributed by atoms with Crippen molar-refractivity contribution in [2.45, 2.75) is 26.8 Å². The fraction of sp³-hybridized carbons (Fsp3) is 0.476. The van der Waals surface area contributed by atoms with Crippen LogP contribution >= 0.6 is 0 Å². The zero-order valence-electron chi connectivity index (χ0n) is 17.2. The van der Waals surface area contributed by atoms with Gasteiger partial charge in [-0.25, -0.2) is 9.18 Å². The second-order valence-electron chi connectivity index (χ2n) is 8.35. The van der Waals surface area contributed by atoms with E-state index in [9.17, 15) is 14.0 Å². The molecule has 0 radical (unpaired) electrons. The summed E-state index contributed by atoms with van der Waals surface area (Å²) in [6.45, 7) is 6.48. The normalized spacial score (nSPS) is 19.8. The molecule has 4 rings (SSSR count). The Morgan fingerprint density at radius 1 is 1.03 bits per heavy atom. The molecule has 1 aliphatic rings. The van der Waals surface area contributed by atoms with Crippen LogP contribution in [0.2, 0.25) is 0 Å². The minimum Gasteiger partial charge on any atom is -0.342 e. The lowest BCUT2D eigenvalue weighted by Gasteiger charge is -2.35. The van der Waals surface area contributed by atoms with E-state index in [2.05, 4.69) is 18.7 Å². The maximum atomic E-state index is 13.4. The molecule has 0 saturated carbocycles. The van der Waals surface area contributed by atoms with E-state index in [4.69, 9.17) is 4.98 Å². The van der Waals surface area contributed by atoms with Crippen LogP contribution in [0.15, 0.2) is 33.9 Å². The summed E-state index contributed by atoms with van der Waals surface area (Å²) in [5.41, 5.74) is 0.852. The Morgan fingerprint density at radius 2 is 1.66 bits per heavy atom. The summed E-state index contributed by atoms with van der Waals surface area (Å²) in [7, 11) is 3.11. The van der Waals surface area contributed by atoms with E-state index in [1.54, 1.807) is 19.2 Å². The third-order valence-electron chi connectivity index (χ3n) is 5.73. The molecule has 2 atom stereocenters. The maximum Gasteiger partial charge on any atom is 0.332 e. The number of halogens is 1. The van der Waals surface area contributed by atoms with Gasteiger partial charge in [-0.05, 0) is 36.0 Å². The van der Waals surface area contributed by atoms with E-state index in [0.717, 1.165) is 29.6 Å². The molecule has 7 nitrogen and oxygen atoms in total. The quantitative estimate of drug-likeness (QED) is 0.677. The van der Waals surface area contributed by atoms with Crippen molar-refractivity contribution in [2.24, 2.45) is 25.9 Å². The third-order valence-corrected chi connectivity index (χ3v) is 5.73. The molecular formula is C21H26FN5O2. The first-order valence-corrected chi connectivity index (χ1v) is 9.92. The zero-order valence-corrected chi connectivity index (χ0v) is 17.2. The van der Waals surface area contributed by atoms with Gasteiger partial charge in [0.1, 0.15) is 5.82 Å². The molecule has 3 heterocycles. The van der Waals surface area contributed by atoms with Crippen LogP contribution in [0.5, 0.6) is 0 Å². The number of hydrogen-bond donors (Lipinski definition) is 0. The number of aromatic nitrogens is 4. The van der Waals surface area contributed by atoms with Crippen LogP contribution in [-0.4, -0.2) is 31.8 Å². The summed E-state index contributed by atoms with van der Waals surface area (Å²) in [5.74, 6) is 1.39. The van der Waals surface area contributed by atoms with Gasteiger partial charge in [-0.15, -0.1) is 0 Å². The molecule has 0 amide bonds. The Balaban J connectivity index is 1.95. The highest BCUT2D eigenvalue weighted by Crippen LogP contribution is 2.28. The average Bonchev–Trinajstić information content (AvgIpc) is 3.05. The number of rotatable bonds is 3. The van der Waals surface area contributed by atoms with Crippen molar-refractivity contribution in [1.82, 2.24) is 18.7 Å². The highest BCUT2D eigenvalue weighted by atomic mass is 19.1. The minimum atomic E-state index is -0.402. The molecule has 0 N–H and O–H groups in total. The van der Waals surface area contributed by atoms with Gasteiger partial charge < -0.3 is 4.90 Å². The molecular weight excluding hydrogens is 373 g/mol. The molecule has 0 spiro atoms. The summed E-state index contributed by atoms with van der Waals surface area (Å²) in [5, 5.41) is 0. The number of imidazole rings is 1. The van der Waals surface area contributed by atoms with Crippen molar-refractivity contribution >= 4 is 17.1 Å². The first-order chi connectivity index (χ1) is 13.8. The Bertz CT molecular complexity index is 1160. The van der Waals surface area contributed by atoms with E-state index in [1.807, 2.05) is 4.57 Å². The smallest absolute Gasteiger partial charge is 0.332 e. The van der Waals surface area contributed by atoms with Crippen LogP contribution in [-0.2, 0) is 20.6 Å². The molecule has 1 saturated heterocycles.